The van der Waals surface area contributed by atoms with E-state index in [0.29, 0.717) is 0 Å². The van der Waals surface area contributed by atoms with Gasteiger partial charge in [0.05, 0.1) is 6.61 Å². The molecule has 1 aliphatic heterocycles. The Bertz CT molecular complexity index is 1420. The second-order valence-corrected chi connectivity index (χ2v) is 11.4. The Kier molecular flexibility index (Phi) is 15.0. The maximum absolute atomic E-state index is 14.0. The van der Waals surface area contributed by atoms with Crippen LogP contribution in [0.5, 0.6) is 0 Å². The highest BCUT2D eigenvalue weighted by Crippen LogP contribution is 2.33. The van der Waals surface area contributed by atoms with Crippen LogP contribution in [0.25, 0.3) is 0 Å². The number of ether oxygens (including phenoxy) is 6. The fourth-order valence-corrected chi connectivity index (χ4v) is 5.48. The average Bonchev–Trinajstić information content (AvgIpc) is 3.33. The fraction of sp³-hybridized carbons (Fsp3) is 0.486. The zero-order valence-electron chi connectivity index (χ0n) is 28.3. The average molecular weight is 685 g/mol. The highest BCUT2D eigenvalue weighted by molar-refractivity contribution is 5.83. The summed E-state index contributed by atoms with van der Waals surface area (Å²) in [6, 6.07) is 16.4. The van der Waals surface area contributed by atoms with Crippen LogP contribution < -0.4 is 5.32 Å². The van der Waals surface area contributed by atoms with E-state index in [1.165, 1.54) is 18.7 Å². The standard InChI is InChI=1S/C35H44N2O12/c1-6-44-33(42)29(36-22(2)38)18-17-28(19-30-31(46-23(3)39)32(47-24(4)40)34(49-30)48-25(5)41)37(20-26-13-9-7-10-14-26)35(43)45-21-27-15-11-8-12-16-27/h7-16,28-32,34H,6,17-21H2,1-5H3,(H,36,38)/t28-,29-,30+,31+,32+,34?/m0/s1. The van der Waals surface area contributed by atoms with Crippen LogP contribution in [0.15, 0.2) is 60.7 Å². The zero-order chi connectivity index (χ0) is 35.9. The van der Waals surface area contributed by atoms with Crippen molar-refractivity contribution in [3.05, 3.63) is 71.8 Å². The van der Waals surface area contributed by atoms with Crippen molar-refractivity contribution in [2.24, 2.45) is 0 Å². The molecule has 2 amide bonds. The van der Waals surface area contributed by atoms with E-state index in [4.69, 9.17) is 28.4 Å². The number of nitrogens with one attached hydrogen (secondary N) is 1. The van der Waals surface area contributed by atoms with Gasteiger partial charge in [0.15, 0.2) is 6.10 Å². The van der Waals surface area contributed by atoms with Crippen molar-refractivity contribution >= 4 is 35.9 Å². The van der Waals surface area contributed by atoms with Crippen LogP contribution in [0.4, 0.5) is 4.79 Å². The predicted octanol–water partition coefficient (Wildman–Crippen LogP) is 3.58. The molecular formula is C35H44N2O12. The molecule has 14 nitrogen and oxygen atoms in total. The lowest BCUT2D eigenvalue weighted by Crippen LogP contribution is -2.47. The van der Waals surface area contributed by atoms with Crippen molar-refractivity contribution in [1.82, 2.24) is 10.2 Å². The minimum absolute atomic E-state index is 0.0337. The van der Waals surface area contributed by atoms with E-state index in [1.807, 2.05) is 60.7 Å². The van der Waals surface area contributed by atoms with Crippen LogP contribution in [0.3, 0.4) is 0 Å². The van der Waals surface area contributed by atoms with Crippen LogP contribution in [-0.4, -0.2) is 84.1 Å². The second-order valence-electron chi connectivity index (χ2n) is 11.4. The van der Waals surface area contributed by atoms with E-state index in [-0.39, 0.29) is 39.0 Å². The Morgan fingerprint density at radius 2 is 1.33 bits per heavy atom. The molecule has 0 aliphatic carbocycles. The van der Waals surface area contributed by atoms with Gasteiger partial charge in [0, 0.05) is 40.3 Å². The molecule has 1 saturated heterocycles. The van der Waals surface area contributed by atoms with E-state index in [9.17, 15) is 28.8 Å². The summed E-state index contributed by atoms with van der Waals surface area (Å²) in [6.45, 7) is 6.48. The number of benzene rings is 2. The molecular weight excluding hydrogens is 640 g/mol. The summed E-state index contributed by atoms with van der Waals surface area (Å²) >= 11 is 0. The first kappa shape index (κ1) is 38.5. The molecule has 266 valence electrons. The fourth-order valence-electron chi connectivity index (χ4n) is 5.48. The quantitative estimate of drug-likeness (QED) is 0.202. The van der Waals surface area contributed by atoms with Crippen LogP contribution in [0.1, 0.15) is 65.0 Å². The van der Waals surface area contributed by atoms with E-state index in [2.05, 4.69) is 5.32 Å². The lowest BCUT2D eigenvalue weighted by Gasteiger charge is -2.34. The van der Waals surface area contributed by atoms with Gasteiger partial charge in [-0.05, 0) is 37.3 Å². The van der Waals surface area contributed by atoms with E-state index < -0.39 is 72.6 Å². The van der Waals surface area contributed by atoms with Gasteiger partial charge < -0.3 is 38.6 Å². The minimum atomic E-state index is -1.42. The number of amides is 2. The van der Waals surface area contributed by atoms with Crippen LogP contribution in [0.2, 0.25) is 0 Å². The molecule has 0 aromatic heterocycles. The van der Waals surface area contributed by atoms with Crippen LogP contribution in [-0.2, 0) is 65.5 Å². The third-order valence-electron chi connectivity index (χ3n) is 7.47. The minimum Gasteiger partial charge on any atom is -0.464 e. The number of carbonyl (C=O) groups is 6. The van der Waals surface area contributed by atoms with Crippen molar-refractivity contribution in [2.75, 3.05) is 6.61 Å². The first-order chi connectivity index (χ1) is 23.4. The van der Waals surface area contributed by atoms with Crippen molar-refractivity contribution in [1.29, 1.82) is 0 Å². The summed E-state index contributed by atoms with van der Waals surface area (Å²) in [4.78, 5) is 76.5. The molecule has 1 N–H and O–H groups in total. The molecule has 1 fully saturated rings. The number of hydrogen-bond acceptors (Lipinski definition) is 12. The van der Waals surface area contributed by atoms with Gasteiger partial charge in [-0.3, -0.25) is 19.2 Å². The Balaban J connectivity index is 2.04. The van der Waals surface area contributed by atoms with Gasteiger partial charge in [-0.2, -0.15) is 0 Å². The van der Waals surface area contributed by atoms with Gasteiger partial charge >= 0.3 is 30.0 Å². The normalized spacial score (nSPS) is 19.4. The maximum atomic E-state index is 14.0. The van der Waals surface area contributed by atoms with E-state index in [1.54, 1.807) is 6.92 Å². The largest absolute Gasteiger partial charge is 0.464 e. The molecule has 0 saturated carbocycles. The summed E-state index contributed by atoms with van der Waals surface area (Å²) < 4.78 is 33.3. The van der Waals surface area contributed by atoms with Crippen molar-refractivity contribution < 1.29 is 57.2 Å². The SMILES string of the molecule is CCOC(=O)[C@H](CC[C@@H](C[C@H]1OC(OC(C)=O)[C@H](OC(C)=O)[C@@H]1OC(C)=O)N(Cc1ccccc1)C(=O)OCc1ccccc1)NC(C)=O. The van der Waals surface area contributed by atoms with Gasteiger partial charge in [0.2, 0.25) is 18.3 Å². The number of nitrogens with zero attached hydrogens (tertiary/aromatic N) is 1. The number of rotatable bonds is 16. The van der Waals surface area contributed by atoms with Crippen LogP contribution in [0, 0.1) is 0 Å². The molecule has 6 atom stereocenters. The second kappa shape index (κ2) is 19.1. The molecule has 1 heterocycles. The highest BCUT2D eigenvalue weighted by atomic mass is 16.7. The lowest BCUT2D eigenvalue weighted by atomic mass is 9.95. The summed E-state index contributed by atoms with van der Waals surface area (Å²) in [5, 5.41) is 2.61. The van der Waals surface area contributed by atoms with E-state index in [0.717, 1.165) is 25.0 Å². The van der Waals surface area contributed by atoms with Crippen molar-refractivity contribution in [3.63, 3.8) is 0 Å². The van der Waals surface area contributed by atoms with Gasteiger partial charge in [-0.15, -0.1) is 0 Å². The molecule has 0 bridgehead atoms. The summed E-state index contributed by atoms with van der Waals surface area (Å²) in [5.41, 5.74) is 1.51. The predicted molar refractivity (Wildman–Crippen MR) is 172 cm³/mol. The first-order valence-electron chi connectivity index (χ1n) is 16.0. The number of esters is 4. The monoisotopic (exact) mass is 684 g/mol. The third-order valence-corrected chi connectivity index (χ3v) is 7.47. The Hall–Kier alpha value is -4.98. The molecule has 0 radical (unpaired) electrons. The lowest BCUT2D eigenvalue weighted by molar-refractivity contribution is -0.195. The smallest absolute Gasteiger partial charge is 0.410 e. The van der Waals surface area contributed by atoms with Gasteiger partial charge in [-0.25, -0.2) is 9.59 Å². The van der Waals surface area contributed by atoms with Crippen molar-refractivity contribution in [3.8, 4) is 0 Å². The van der Waals surface area contributed by atoms with Gasteiger partial charge in [0.25, 0.3) is 0 Å². The third kappa shape index (κ3) is 12.5. The van der Waals surface area contributed by atoms with Gasteiger partial charge in [-0.1, -0.05) is 60.7 Å². The Labute approximate surface area is 285 Å². The molecule has 2 aromatic rings. The molecule has 3 rings (SSSR count). The summed E-state index contributed by atoms with van der Waals surface area (Å²) in [5.74, 6) is -3.29. The summed E-state index contributed by atoms with van der Waals surface area (Å²) in [7, 11) is 0. The van der Waals surface area contributed by atoms with Crippen LogP contribution >= 0.6 is 0 Å². The first-order valence-corrected chi connectivity index (χ1v) is 16.0. The van der Waals surface area contributed by atoms with E-state index >= 15 is 0 Å². The maximum Gasteiger partial charge on any atom is 0.410 e. The molecule has 2 aromatic carbocycles. The summed E-state index contributed by atoms with van der Waals surface area (Å²) in [6.07, 6.45) is -5.65. The molecule has 49 heavy (non-hydrogen) atoms. The molecule has 14 heteroatoms. The van der Waals surface area contributed by atoms with Gasteiger partial charge in [0.1, 0.15) is 18.8 Å². The number of carbonyl (C=O) groups excluding carboxylic acids is 6. The molecule has 0 spiro atoms. The molecule has 1 unspecified atom stereocenters. The van der Waals surface area contributed by atoms with Crippen molar-refractivity contribution in [2.45, 2.75) is 104 Å². The Morgan fingerprint density at radius 3 is 1.88 bits per heavy atom. The highest BCUT2D eigenvalue weighted by Gasteiger charge is 2.52. The topological polar surface area (TPSA) is 173 Å². The molecule has 1 aliphatic rings. The number of hydrogen-bond donors (Lipinski definition) is 1. The Morgan fingerprint density at radius 1 is 0.755 bits per heavy atom. The zero-order valence-corrected chi connectivity index (χ0v) is 28.3.